The summed E-state index contributed by atoms with van der Waals surface area (Å²) in [5.41, 5.74) is 1.41. The number of hydrogen-bond acceptors (Lipinski definition) is 6. The lowest BCUT2D eigenvalue weighted by Crippen LogP contribution is -2.38. The van der Waals surface area contributed by atoms with Crippen LogP contribution < -0.4 is 14.9 Å². The minimum absolute atomic E-state index is 0.168. The molecule has 3 rings (SSSR count). The number of hydrogen-bond donors (Lipinski definition) is 3. The molecule has 0 radical (unpaired) electrons. The Morgan fingerprint density at radius 1 is 1.22 bits per heavy atom. The van der Waals surface area contributed by atoms with Crippen LogP contribution in [0.25, 0.3) is 0 Å². The molecular weight excluding hydrogens is 450 g/mol. The van der Waals surface area contributed by atoms with Crippen molar-refractivity contribution in [3.05, 3.63) is 41.3 Å². The van der Waals surface area contributed by atoms with Crippen molar-refractivity contribution in [2.45, 2.75) is 50.3 Å². The van der Waals surface area contributed by atoms with Gasteiger partial charge < -0.3 is 15.7 Å². The van der Waals surface area contributed by atoms with Gasteiger partial charge in [-0.2, -0.15) is 0 Å². The van der Waals surface area contributed by atoms with Gasteiger partial charge in [0.2, 0.25) is 0 Å². The summed E-state index contributed by atoms with van der Waals surface area (Å²) in [5.74, 6) is -1.66. The first kappa shape index (κ1) is 24.2. The SMILES string of the molecule is CC(C)(C)C(O)CCNC(=O)C(=O)Nc1ccc2c(c1)N(S(=O)(=O)c1cccs1)CCC2. The third kappa shape index (κ3) is 5.48. The number of thiophene rings is 1. The molecule has 3 N–H and O–H groups in total. The van der Waals surface area contributed by atoms with Gasteiger partial charge in [0.05, 0.1) is 11.8 Å². The molecule has 1 aliphatic rings. The highest BCUT2D eigenvalue weighted by molar-refractivity contribution is 7.94. The lowest BCUT2D eigenvalue weighted by molar-refractivity contribution is -0.136. The molecule has 0 saturated carbocycles. The smallest absolute Gasteiger partial charge is 0.313 e. The minimum atomic E-state index is -3.69. The van der Waals surface area contributed by atoms with Crippen LogP contribution in [0.5, 0.6) is 0 Å². The van der Waals surface area contributed by atoms with Crippen molar-refractivity contribution >= 4 is 44.5 Å². The first-order valence-electron chi connectivity index (χ1n) is 10.5. The maximum atomic E-state index is 13.1. The van der Waals surface area contributed by atoms with Crippen LogP contribution in [-0.2, 0) is 26.0 Å². The Morgan fingerprint density at radius 3 is 2.62 bits per heavy atom. The van der Waals surface area contributed by atoms with Crippen LogP contribution >= 0.6 is 11.3 Å². The molecule has 174 valence electrons. The number of carbonyl (C=O) groups excluding carboxylic acids is 2. The Hall–Kier alpha value is -2.43. The number of fused-ring (bicyclic) bond motifs is 1. The molecule has 10 heteroatoms. The highest BCUT2D eigenvalue weighted by Gasteiger charge is 2.30. The summed E-state index contributed by atoms with van der Waals surface area (Å²) in [6.45, 7) is 6.20. The monoisotopic (exact) mass is 479 g/mol. The van der Waals surface area contributed by atoms with Crippen LogP contribution in [0.4, 0.5) is 11.4 Å². The number of nitrogens with one attached hydrogen (secondary N) is 2. The fraction of sp³-hybridized carbons (Fsp3) is 0.455. The maximum Gasteiger partial charge on any atom is 0.313 e. The molecule has 8 nitrogen and oxygen atoms in total. The maximum absolute atomic E-state index is 13.1. The van der Waals surface area contributed by atoms with Crippen LogP contribution in [-0.4, -0.2) is 44.5 Å². The van der Waals surface area contributed by atoms with Crippen molar-refractivity contribution < 1.29 is 23.1 Å². The predicted octanol–water partition coefficient (Wildman–Crippen LogP) is 2.74. The third-order valence-electron chi connectivity index (χ3n) is 5.37. The summed E-state index contributed by atoms with van der Waals surface area (Å²) in [6.07, 6.45) is 1.16. The molecule has 2 aromatic rings. The van der Waals surface area contributed by atoms with Crippen LogP contribution in [0.3, 0.4) is 0 Å². The van der Waals surface area contributed by atoms with Crippen molar-refractivity contribution in [2.75, 3.05) is 22.7 Å². The van der Waals surface area contributed by atoms with E-state index >= 15 is 0 Å². The normalized spacial score (nSPS) is 15.1. The van der Waals surface area contributed by atoms with Gasteiger partial charge in [-0.3, -0.25) is 13.9 Å². The van der Waals surface area contributed by atoms with Gasteiger partial charge in [0.25, 0.3) is 10.0 Å². The summed E-state index contributed by atoms with van der Waals surface area (Å²) < 4.78 is 27.7. The van der Waals surface area contributed by atoms with Crippen molar-refractivity contribution in [3.8, 4) is 0 Å². The van der Waals surface area contributed by atoms with E-state index in [1.54, 1.807) is 35.7 Å². The number of aryl methyl sites for hydroxylation is 1. The number of anilines is 2. The van der Waals surface area contributed by atoms with Crippen molar-refractivity contribution in [1.29, 1.82) is 0 Å². The van der Waals surface area contributed by atoms with E-state index in [0.717, 1.165) is 23.3 Å². The van der Waals surface area contributed by atoms with Crippen LogP contribution in [0.2, 0.25) is 0 Å². The fourth-order valence-electron chi connectivity index (χ4n) is 3.41. The molecule has 1 aliphatic heterocycles. The molecule has 0 saturated heterocycles. The highest BCUT2D eigenvalue weighted by Crippen LogP contribution is 2.35. The zero-order valence-electron chi connectivity index (χ0n) is 18.4. The summed E-state index contributed by atoms with van der Waals surface area (Å²) in [7, 11) is -3.69. The Bertz CT molecular complexity index is 1080. The van der Waals surface area contributed by atoms with E-state index < -0.39 is 27.9 Å². The molecule has 1 atom stereocenters. The van der Waals surface area contributed by atoms with Gasteiger partial charge in [-0.25, -0.2) is 8.42 Å². The van der Waals surface area contributed by atoms with Crippen molar-refractivity contribution in [3.63, 3.8) is 0 Å². The van der Waals surface area contributed by atoms with Gasteiger partial charge in [-0.05, 0) is 53.8 Å². The zero-order chi connectivity index (χ0) is 23.5. The topological polar surface area (TPSA) is 116 Å². The summed E-state index contributed by atoms with van der Waals surface area (Å²) >= 11 is 1.16. The summed E-state index contributed by atoms with van der Waals surface area (Å²) in [6, 6.07) is 8.29. The summed E-state index contributed by atoms with van der Waals surface area (Å²) in [5, 5.41) is 16.8. The van der Waals surface area contributed by atoms with E-state index in [2.05, 4.69) is 10.6 Å². The summed E-state index contributed by atoms with van der Waals surface area (Å²) in [4.78, 5) is 24.4. The largest absolute Gasteiger partial charge is 0.393 e. The van der Waals surface area contributed by atoms with E-state index in [-0.39, 0.29) is 16.2 Å². The van der Waals surface area contributed by atoms with E-state index in [1.807, 2.05) is 20.8 Å². The molecule has 32 heavy (non-hydrogen) atoms. The molecule has 0 bridgehead atoms. The average Bonchev–Trinajstić information content (AvgIpc) is 3.28. The number of aliphatic hydroxyl groups is 1. The Balaban J connectivity index is 1.69. The standard InChI is InChI=1S/C22H29N3O5S2/c1-22(2,3)18(26)10-11-23-20(27)21(28)24-16-9-8-15-6-4-12-25(17(15)14-16)32(29,30)19-7-5-13-31-19/h5,7-9,13-14,18,26H,4,6,10-12H2,1-3H3,(H,23,27)(H,24,28). The van der Waals surface area contributed by atoms with E-state index in [9.17, 15) is 23.1 Å². The van der Waals surface area contributed by atoms with Crippen molar-refractivity contribution in [2.24, 2.45) is 5.41 Å². The van der Waals surface area contributed by atoms with Gasteiger partial charge >= 0.3 is 11.8 Å². The molecule has 2 heterocycles. The third-order valence-corrected chi connectivity index (χ3v) is 8.55. The number of sulfonamides is 1. The highest BCUT2D eigenvalue weighted by atomic mass is 32.2. The molecule has 0 aliphatic carbocycles. The second kappa shape index (κ2) is 9.60. The van der Waals surface area contributed by atoms with Gasteiger partial charge in [0.15, 0.2) is 0 Å². The Kier molecular flexibility index (Phi) is 7.26. The fourth-order valence-corrected chi connectivity index (χ4v) is 6.05. The number of nitrogens with zero attached hydrogens (tertiary/aromatic N) is 1. The Morgan fingerprint density at radius 2 is 1.97 bits per heavy atom. The van der Waals surface area contributed by atoms with Gasteiger partial charge in [-0.15, -0.1) is 11.3 Å². The van der Waals surface area contributed by atoms with E-state index in [4.69, 9.17) is 0 Å². The molecule has 1 aromatic carbocycles. The molecule has 1 unspecified atom stereocenters. The number of carbonyl (C=O) groups is 2. The number of rotatable bonds is 6. The van der Waals surface area contributed by atoms with Crippen LogP contribution in [0.15, 0.2) is 39.9 Å². The lowest BCUT2D eigenvalue weighted by Gasteiger charge is -2.30. The van der Waals surface area contributed by atoms with Gasteiger partial charge in [0.1, 0.15) is 4.21 Å². The molecule has 0 fully saturated rings. The second-order valence-corrected chi connectivity index (χ2v) is 11.9. The lowest BCUT2D eigenvalue weighted by atomic mass is 9.87. The first-order chi connectivity index (χ1) is 15.0. The Labute approximate surface area is 192 Å². The van der Waals surface area contributed by atoms with Crippen LogP contribution in [0.1, 0.15) is 39.2 Å². The molecular formula is C22H29N3O5S2. The van der Waals surface area contributed by atoms with Crippen LogP contribution in [0, 0.1) is 5.41 Å². The molecule has 2 amide bonds. The number of amides is 2. The number of benzene rings is 1. The van der Waals surface area contributed by atoms with Crippen molar-refractivity contribution in [1.82, 2.24) is 5.32 Å². The minimum Gasteiger partial charge on any atom is -0.393 e. The second-order valence-electron chi connectivity index (χ2n) is 8.84. The molecule has 0 spiro atoms. The van der Waals surface area contributed by atoms with E-state index in [0.29, 0.717) is 30.8 Å². The average molecular weight is 480 g/mol. The van der Waals surface area contributed by atoms with Gasteiger partial charge in [0, 0.05) is 18.8 Å². The van der Waals surface area contributed by atoms with Gasteiger partial charge in [-0.1, -0.05) is 32.9 Å². The predicted molar refractivity (Wildman–Crippen MR) is 125 cm³/mol. The molecule has 1 aromatic heterocycles. The first-order valence-corrected chi connectivity index (χ1v) is 12.8. The quantitative estimate of drug-likeness (QED) is 0.551. The number of aliphatic hydroxyl groups excluding tert-OH is 1. The van der Waals surface area contributed by atoms with E-state index in [1.165, 1.54) is 4.31 Å². The zero-order valence-corrected chi connectivity index (χ0v) is 20.1.